The summed E-state index contributed by atoms with van der Waals surface area (Å²) in [7, 11) is 3.73. The number of ether oxygens (including phenoxy) is 4. The van der Waals surface area contributed by atoms with E-state index in [9.17, 15) is 46.1 Å². The fourth-order valence-electron chi connectivity index (χ4n) is 7.05. The number of rotatable bonds is 24. The van der Waals surface area contributed by atoms with Gasteiger partial charge in [-0.25, -0.2) is 0 Å². The Morgan fingerprint density at radius 2 is 0.781 bits per heavy atom. The molecule has 0 aliphatic rings. The highest BCUT2D eigenvalue weighted by atomic mass is 35.5. The standard InChI is InChI=1S/2C27H28F3NO4.2ClH.H2O/c2*1-31(17-23(33)19-34-24-11-7-20(18-32)8-12-24)16-15-26(21-5-3-2-4-6-21)35-25-13-9-22(10-14-25)27(28,29)30;;;/h2*2-14,18,23,26,33H,15-17,19H2,1H3;2*1H;1H2. The molecule has 0 heterocycles. The molecule has 0 aromatic heterocycles. The first-order valence-electron chi connectivity index (χ1n) is 22.4. The van der Waals surface area contributed by atoms with Gasteiger partial charge in [0.1, 0.15) is 73.2 Å². The van der Waals surface area contributed by atoms with Crippen LogP contribution in [0.1, 0.15) is 68.0 Å². The van der Waals surface area contributed by atoms with Gasteiger partial charge in [0, 0.05) is 50.1 Å². The molecule has 0 saturated heterocycles. The van der Waals surface area contributed by atoms with Gasteiger partial charge in [-0.3, -0.25) is 9.59 Å². The van der Waals surface area contributed by atoms with E-state index in [1.807, 2.05) is 84.6 Å². The topological polar surface area (TPSA) is 150 Å². The van der Waals surface area contributed by atoms with Crippen LogP contribution in [0.4, 0.5) is 26.3 Å². The normalized spacial score (nSPS) is 12.8. The van der Waals surface area contributed by atoms with E-state index in [1.165, 1.54) is 24.3 Å². The van der Waals surface area contributed by atoms with Crippen molar-refractivity contribution in [1.29, 1.82) is 0 Å². The Morgan fingerprint density at radius 3 is 1.07 bits per heavy atom. The monoisotopic (exact) mass is 1060 g/mol. The van der Waals surface area contributed by atoms with Gasteiger partial charge in [0.2, 0.25) is 0 Å². The molecule has 0 aliphatic carbocycles. The van der Waals surface area contributed by atoms with Gasteiger partial charge >= 0.3 is 12.4 Å². The fourth-order valence-corrected chi connectivity index (χ4v) is 7.05. The Labute approximate surface area is 433 Å². The maximum Gasteiger partial charge on any atom is 0.416 e. The van der Waals surface area contributed by atoms with Crippen LogP contribution in [0.15, 0.2) is 158 Å². The number of aldehydes is 2. The summed E-state index contributed by atoms with van der Waals surface area (Å²) in [6.45, 7) is 2.04. The lowest BCUT2D eigenvalue weighted by atomic mass is 10.1. The minimum atomic E-state index is -4.40. The number of carbonyl (C=O) groups is 2. The fraction of sp³-hybridized carbons (Fsp3) is 0.296. The molecule has 396 valence electrons. The number of alkyl halides is 6. The van der Waals surface area contributed by atoms with Gasteiger partial charge in [-0.2, -0.15) is 26.3 Å². The Hall–Kier alpha value is -6.18. The third-order valence-corrected chi connectivity index (χ3v) is 10.8. The summed E-state index contributed by atoms with van der Waals surface area (Å²) in [5.74, 6) is 1.82. The summed E-state index contributed by atoms with van der Waals surface area (Å²) in [5.41, 5.74) is 1.45. The van der Waals surface area contributed by atoms with Crippen molar-refractivity contribution in [3.05, 3.63) is 191 Å². The molecule has 6 aromatic carbocycles. The number of carbonyl (C=O) groups excluding carboxylic acids is 2. The lowest BCUT2D eigenvalue weighted by Crippen LogP contribution is -2.34. The molecule has 73 heavy (non-hydrogen) atoms. The predicted molar refractivity (Wildman–Crippen MR) is 272 cm³/mol. The van der Waals surface area contributed by atoms with E-state index in [2.05, 4.69) is 0 Å². The van der Waals surface area contributed by atoms with Gasteiger partial charge in [-0.1, -0.05) is 60.7 Å². The molecule has 4 unspecified atom stereocenters. The second-order valence-electron chi connectivity index (χ2n) is 16.5. The molecule has 0 aliphatic heterocycles. The highest BCUT2D eigenvalue weighted by Gasteiger charge is 2.31. The molecule has 4 atom stereocenters. The molecular weight excluding hydrogens is 1010 g/mol. The summed E-state index contributed by atoms with van der Waals surface area (Å²) in [5, 5.41) is 20.7. The first kappa shape index (κ1) is 62.9. The SMILES string of the molecule is CN(CCC(Oc1ccc(C(F)(F)F)cc1)c1ccccc1)CC(O)COc1ccc(C=O)cc1.CN(CCC(Oc1ccc(C(F)(F)F)cc1)c1ccccc1)CC(O)COc1ccc(C=O)cc1.Cl.Cl.O. The van der Waals surface area contributed by atoms with Crippen molar-refractivity contribution in [2.75, 3.05) is 53.5 Å². The number of hydrogen-bond acceptors (Lipinski definition) is 10. The van der Waals surface area contributed by atoms with Crippen LogP contribution >= 0.6 is 24.8 Å². The molecule has 19 heteroatoms. The molecule has 0 spiro atoms. The Kier molecular flexibility index (Phi) is 27.1. The van der Waals surface area contributed by atoms with Crippen LogP contribution in [0.5, 0.6) is 23.0 Å². The molecule has 4 N–H and O–H groups in total. The van der Waals surface area contributed by atoms with Crippen molar-refractivity contribution < 1.29 is 70.6 Å². The van der Waals surface area contributed by atoms with Crippen LogP contribution in [0.2, 0.25) is 0 Å². The molecule has 6 rings (SSSR count). The number of benzene rings is 6. The second kappa shape index (κ2) is 31.4. The first-order chi connectivity index (χ1) is 33.5. The minimum Gasteiger partial charge on any atom is -0.491 e. The largest absolute Gasteiger partial charge is 0.491 e. The van der Waals surface area contributed by atoms with Crippen LogP contribution < -0.4 is 18.9 Å². The molecule has 0 saturated carbocycles. The van der Waals surface area contributed by atoms with E-state index in [0.717, 1.165) is 48.0 Å². The maximum absolute atomic E-state index is 12.9. The number of aliphatic hydroxyl groups is 2. The average molecular weight is 1070 g/mol. The number of halogens is 8. The number of nitrogens with zero attached hydrogens (tertiary/aromatic N) is 2. The van der Waals surface area contributed by atoms with Gasteiger partial charge in [0.05, 0.1) is 11.1 Å². The molecule has 11 nitrogen and oxygen atoms in total. The zero-order valence-electron chi connectivity index (χ0n) is 40.0. The Bertz CT molecular complexity index is 2270. The van der Waals surface area contributed by atoms with Gasteiger partial charge in [0.15, 0.2) is 0 Å². The van der Waals surface area contributed by atoms with E-state index in [0.29, 0.717) is 73.1 Å². The second-order valence-corrected chi connectivity index (χ2v) is 16.5. The number of likely N-dealkylation sites (N-methyl/N-ethyl adjacent to an activating group) is 2. The highest BCUT2D eigenvalue weighted by molar-refractivity contribution is 5.85. The molecule has 0 radical (unpaired) electrons. The Balaban J connectivity index is 0.000000480. The minimum absolute atomic E-state index is 0. The summed E-state index contributed by atoms with van der Waals surface area (Å²) >= 11 is 0. The van der Waals surface area contributed by atoms with Gasteiger partial charge in [0.25, 0.3) is 0 Å². The van der Waals surface area contributed by atoms with Crippen LogP contribution in [0.3, 0.4) is 0 Å². The Morgan fingerprint density at radius 1 is 0.479 bits per heavy atom. The van der Waals surface area contributed by atoms with Crippen molar-refractivity contribution >= 4 is 37.4 Å². The molecule has 0 fully saturated rings. The van der Waals surface area contributed by atoms with Crippen molar-refractivity contribution in [2.24, 2.45) is 0 Å². The van der Waals surface area contributed by atoms with E-state index in [4.69, 9.17) is 18.9 Å². The van der Waals surface area contributed by atoms with Gasteiger partial charge in [-0.15, -0.1) is 24.8 Å². The van der Waals surface area contributed by atoms with Crippen LogP contribution in [0.25, 0.3) is 0 Å². The van der Waals surface area contributed by atoms with Crippen molar-refractivity contribution in [1.82, 2.24) is 9.80 Å². The van der Waals surface area contributed by atoms with Crippen molar-refractivity contribution in [3.63, 3.8) is 0 Å². The molecular formula is C54H60Cl2F6N2O9. The van der Waals surface area contributed by atoms with Crippen LogP contribution in [-0.2, 0) is 12.4 Å². The third-order valence-electron chi connectivity index (χ3n) is 10.8. The zero-order chi connectivity index (χ0) is 50.5. The molecule has 6 aromatic rings. The highest BCUT2D eigenvalue weighted by Crippen LogP contribution is 2.34. The zero-order valence-corrected chi connectivity index (χ0v) is 41.6. The van der Waals surface area contributed by atoms with Crippen molar-refractivity contribution in [3.8, 4) is 23.0 Å². The van der Waals surface area contributed by atoms with Crippen LogP contribution in [-0.4, -0.2) is 104 Å². The molecule has 0 bridgehead atoms. The van der Waals surface area contributed by atoms with E-state index < -0.39 is 35.7 Å². The smallest absolute Gasteiger partial charge is 0.416 e. The van der Waals surface area contributed by atoms with E-state index in [-0.39, 0.29) is 55.7 Å². The average Bonchev–Trinajstić information content (AvgIpc) is 3.36. The maximum atomic E-state index is 12.9. The van der Waals surface area contributed by atoms with E-state index in [1.54, 1.807) is 48.5 Å². The van der Waals surface area contributed by atoms with Gasteiger partial charge in [-0.05, 0) is 122 Å². The van der Waals surface area contributed by atoms with Crippen molar-refractivity contribution in [2.45, 2.75) is 49.6 Å². The number of aliphatic hydroxyl groups excluding tert-OH is 2. The predicted octanol–water partition coefficient (Wildman–Crippen LogP) is 10.8. The molecule has 0 amide bonds. The summed E-state index contributed by atoms with van der Waals surface area (Å²) in [6, 6.07) is 41.5. The van der Waals surface area contributed by atoms with E-state index >= 15 is 0 Å². The summed E-state index contributed by atoms with van der Waals surface area (Å²) < 4.78 is 100. The third kappa shape index (κ3) is 22.2. The summed E-state index contributed by atoms with van der Waals surface area (Å²) in [6.07, 6.45) is -8.42. The lowest BCUT2D eigenvalue weighted by molar-refractivity contribution is -0.138. The number of hydrogen-bond donors (Lipinski definition) is 2. The first-order valence-corrected chi connectivity index (χ1v) is 22.4. The van der Waals surface area contributed by atoms with Gasteiger partial charge < -0.3 is 44.4 Å². The lowest BCUT2D eigenvalue weighted by Gasteiger charge is -2.25. The summed E-state index contributed by atoms with van der Waals surface area (Å²) in [4.78, 5) is 25.3. The quantitative estimate of drug-likeness (QED) is 0.0443. The van der Waals surface area contributed by atoms with Crippen LogP contribution in [0, 0.1) is 0 Å².